The second-order valence-electron chi connectivity index (χ2n) is 6.89. The summed E-state index contributed by atoms with van der Waals surface area (Å²) in [5.74, 6) is 1.81. The highest BCUT2D eigenvalue weighted by Crippen LogP contribution is 2.64. The van der Waals surface area contributed by atoms with Gasteiger partial charge in [-0.15, -0.1) is 0 Å². The smallest absolute Gasteiger partial charge is 0.00374 e. The maximum Gasteiger partial charge on any atom is 0.00374 e. The third-order valence-corrected chi connectivity index (χ3v) is 6.03. The molecule has 2 N–H and O–H groups in total. The van der Waals surface area contributed by atoms with E-state index in [1.54, 1.807) is 5.57 Å². The second-order valence-corrected chi connectivity index (χ2v) is 6.89. The molecule has 0 saturated heterocycles. The van der Waals surface area contributed by atoms with Crippen molar-refractivity contribution >= 4 is 0 Å². The van der Waals surface area contributed by atoms with Crippen LogP contribution < -0.4 is 5.73 Å². The molecule has 2 saturated carbocycles. The van der Waals surface area contributed by atoms with E-state index in [4.69, 9.17) is 5.73 Å². The van der Waals surface area contributed by atoms with Gasteiger partial charge in [0.2, 0.25) is 0 Å². The van der Waals surface area contributed by atoms with Crippen LogP contribution in [0, 0.1) is 22.7 Å². The highest BCUT2D eigenvalue weighted by atomic mass is 14.7. The Hall–Kier alpha value is -0.300. The monoisotopic (exact) mass is 219 g/mol. The van der Waals surface area contributed by atoms with E-state index in [0.717, 1.165) is 18.4 Å². The van der Waals surface area contributed by atoms with Gasteiger partial charge in [-0.3, -0.25) is 0 Å². The van der Waals surface area contributed by atoms with E-state index in [9.17, 15) is 0 Å². The zero-order chi connectivity index (χ0) is 11.4. The number of nitrogens with two attached hydrogens (primary N) is 1. The lowest BCUT2D eigenvalue weighted by atomic mass is 9.45. The van der Waals surface area contributed by atoms with Gasteiger partial charge in [-0.1, -0.05) is 38.3 Å². The summed E-state index contributed by atoms with van der Waals surface area (Å²) in [5.41, 5.74) is 8.87. The summed E-state index contributed by atoms with van der Waals surface area (Å²) in [6.07, 6.45) is 10.8. The quantitative estimate of drug-likeness (QED) is 0.707. The van der Waals surface area contributed by atoms with E-state index in [-0.39, 0.29) is 0 Å². The third kappa shape index (κ3) is 1.21. The molecule has 2 unspecified atom stereocenters. The molecule has 2 atom stereocenters. The SMILES string of the molecule is CC1(C)C2CC=C(C3(CN)CCCC3)C1C2. The van der Waals surface area contributed by atoms with Gasteiger partial charge in [0.05, 0.1) is 0 Å². The van der Waals surface area contributed by atoms with Crippen LogP contribution >= 0.6 is 0 Å². The lowest BCUT2D eigenvalue weighted by molar-refractivity contribution is -0.0208. The number of rotatable bonds is 2. The van der Waals surface area contributed by atoms with Gasteiger partial charge in [-0.25, -0.2) is 0 Å². The highest BCUT2D eigenvalue weighted by molar-refractivity contribution is 5.30. The van der Waals surface area contributed by atoms with Crippen LogP contribution in [-0.2, 0) is 0 Å². The molecule has 2 bridgehead atoms. The number of hydrogen-bond acceptors (Lipinski definition) is 1. The molecule has 4 rings (SSSR count). The minimum atomic E-state index is 0.410. The molecule has 4 aliphatic carbocycles. The van der Waals surface area contributed by atoms with Crippen molar-refractivity contribution in [2.75, 3.05) is 6.54 Å². The maximum atomic E-state index is 6.13. The Labute approximate surface area is 99.5 Å². The molecule has 0 radical (unpaired) electrons. The molecule has 4 aliphatic rings. The third-order valence-electron chi connectivity index (χ3n) is 6.03. The molecule has 0 aromatic rings. The molecule has 90 valence electrons. The summed E-state index contributed by atoms with van der Waals surface area (Å²) in [4.78, 5) is 0. The highest BCUT2D eigenvalue weighted by Gasteiger charge is 2.55. The summed E-state index contributed by atoms with van der Waals surface area (Å²) < 4.78 is 0. The normalized spacial score (nSPS) is 39.1. The van der Waals surface area contributed by atoms with Crippen molar-refractivity contribution in [3.63, 3.8) is 0 Å². The summed E-state index contributed by atoms with van der Waals surface area (Å²) >= 11 is 0. The Morgan fingerprint density at radius 2 is 2.00 bits per heavy atom. The summed E-state index contributed by atoms with van der Waals surface area (Å²) in [6.45, 7) is 5.83. The molecular weight excluding hydrogens is 194 g/mol. The molecule has 1 heteroatoms. The minimum Gasteiger partial charge on any atom is -0.330 e. The predicted molar refractivity (Wildman–Crippen MR) is 68.0 cm³/mol. The summed E-state index contributed by atoms with van der Waals surface area (Å²) in [5, 5.41) is 0. The largest absolute Gasteiger partial charge is 0.330 e. The van der Waals surface area contributed by atoms with Crippen molar-refractivity contribution in [3.8, 4) is 0 Å². The van der Waals surface area contributed by atoms with E-state index in [2.05, 4.69) is 19.9 Å². The van der Waals surface area contributed by atoms with Crippen molar-refractivity contribution in [2.45, 2.75) is 52.4 Å². The molecular formula is C15H25N. The van der Waals surface area contributed by atoms with Crippen LogP contribution in [0.25, 0.3) is 0 Å². The molecule has 0 aliphatic heterocycles. The summed E-state index contributed by atoms with van der Waals surface area (Å²) in [6, 6.07) is 0. The van der Waals surface area contributed by atoms with E-state index in [1.165, 1.54) is 38.5 Å². The van der Waals surface area contributed by atoms with Gasteiger partial charge in [0.25, 0.3) is 0 Å². The van der Waals surface area contributed by atoms with Gasteiger partial charge < -0.3 is 5.73 Å². The maximum absolute atomic E-state index is 6.13. The van der Waals surface area contributed by atoms with Gasteiger partial charge in [-0.2, -0.15) is 0 Å². The van der Waals surface area contributed by atoms with Crippen LogP contribution in [0.3, 0.4) is 0 Å². The average molecular weight is 219 g/mol. The Morgan fingerprint density at radius 3 is 2.50 bits per heavy atom. The van der Waals surface area contributed by atoms with E-state index in [0.29, 0.717) is 10.8 Å². The van der Waals surface area contributed by atoms with E-state index < -0.39 is 0 Å². The van der Waals surface area contributed by atoms with Crippen LogP contribution in [0.1, 0.15) is 52.4 Å². The van der Waals surface area contributed by atoms with E-state index in [1.807, 2.05) is 0 Å². The van der Waals surface area contributed by atoms with Gasteiger partial charge in [0.15, 0.2) is 0 Å². The molecule has 0 aromatic heterocycles. The predicted octanol–water partition coefficient (Wildman–Crippen LogP) is 3.50. The zero-order valence-electron chi connectivity index (χ0n) is 10.8. The van der Waals surface area contributed by atoms with Crippen molar-refractivity contribution in [1.82, 2.24) is 0 Å². The first-order chi connectivity index (χ1) is 7.60. The number of allylic oxidation sites excluding steroid dienone is 1. The first-order valence-electron chi connectivity index (χ1n) is 7.01. The van der Waals surface area contributed by atoms with Gasteiger partial charge in [-0.05, 0) is 42.9 Å². The molecule has 0 heterocycles. The molecule has 16 heavy (non-hydrogen) atoms. The topological polar surface area (TPSA) is 26.0 Å². The minimum absolute atomic E-state index is 0.410. The fourth-order valence-electron chi connectivity index (χ4n) is 4.60. The van der Waals surface area contributed by atoms with Gasteiger partial charge >= 0.3 is 0 Å². The van der Waals surface area contributed by atoms with Crippen LogP contribution in [-0.4, -0.2) is 6.54 Å². The Kier molecular flexibility index (Phi) is 2.27. The fourth-order valence-corrected chi connectivity index (χ4v) is 4.60. The molecule has 1 nitrogen and oxygen atoms in total. The number of fused-ring (bicyclic) bond motifs is 1. The molecule has 0 amide bonds. The molecule has 0 spiro atoms. The van der Waals surface area contributed by atoms with Crippen LogP contribution in [0.5, 0.6) is 0 Å². The average Bonchev–Trinajstić information content (AvgIpc) is 2.78. The first-order valence-corrected chi connectivity index (χ1v) is 7.01. The lowest BCUT2D eigenvalue weighted by Crippen LogP contribution is -2.52. The van der Waals surface area contributed by atoms with Crippen molar-refractivity contribution in [1.29, 1.82) is 0 Å². The Morgan fingerprint density at radius 1 is 1.31 bits per heavy atom. The standard InChI is InChI=1S/C15H25N/c1-14(2)11-5-6-12(13(14)9-11)15(10-16)7-3-4-8-15/h6,11,13H,3-5,7-10,16H2,1-2H3. The second kappa shape index (κ2) is 3.35. The Balaban J connectivity index is 1.92. The zero-order valence-corrected chi connectivity index (χ0v) is 10.8. The van der Waals surface area contributed by atoms with E-state index >= 15 is 0 Å². The lowest BCUT2D eigenvalue weighted by Gasteiger charge is -2.59. The fraction of sp³-hybridized carbons (Fsp3) is 0.867. The van der Waals surface area contributed by atoms with Crippen molar-refractivity contribution in [2.24, 2.45) is 28.4 Å². The van der Waals surface area contributed by atoms with Crippen LogP contribution in [0.2, 0.25) is 0 Å². The number of hydrogen-bond donors (Lipinski definition) is 1. The molecule has 0 aromatic carbocycles. The summed E-state index contributed by atoms with van der Waals surface area (Å²) in [7, 11) is 0. The van der Waals surface area contributed by atoms with Crippen molar-refractivity contribution < 1.29 is 0 Å². The van der Waals surface area contributed by atoms with Gasteiger partial charge in [0, 0.05) is 12.0 Å². The van der Waals surface area contributed by atoms with Crippen LogP contribution in [0.4, 0.5) is 0 Å². The Bertz CT molecular complexity index is 320. The van der Waals surface area contributed by atoms with Crippen LogP contribution in [0.15, 0.2) is 11.6 Å². The first kappa shape index (κ1) is 10.8. The molecule has 2 fully saturated rings. The van der Waals surface area contributed by atoms with Crippen molar-refractivity contribution in [3.05, 3.63) is 11.6 Å². The van der Waals surface area contributed by atoms with Gasteiger partial charge in [0.1, 0.15) is 0 Å².